The van der Waals surface area contributed by atoms with Crippen LogP contribution in [-0.2, 0) is 33.5 Å². The van der Waals surface area contributed by atoms with E-state index in [4.69, 9.17) is 9.47 Å². The lowest BCUT2D eigenvalue weighted by molar-refractivity contribution is -0.146. The number of anilines is 1. The van der Waals surface area contributed by atoms with Crippen molar-refractivity contribution in [3.63, 3.8) is 0 Å². The van der Waals surface area contributed by atoms with Crippen molar-refractivity contribution in [3.05, 3.63) is 81.7 Å². The van der Waals surface area contributed by atoms with E-state index in [-0.39, 0.29) is 35.9 Å². The molecule has 1 spiro atoms. The second-order valence-electron chi connectivity index (χ2n) is 11.3. The summed E-state index contributed by atoms with van der Waals surface area (Å²) in [5, 5.41) is 17.7. The second-order valence-corrected chi connectivity index (χ2v) is 12.5. The van der Waals surface area contributed by atoms with Crippen molar-refractivity contribution in [2.24, 2.45) is 11.8 Å². The summed E-state index contributed by atoms with van der Waals surface area (Å²) in [7, 11) is 1.67. The van der Waals surface area contributed by atoms with Crippen molar-refractivity contribution < 1.29 is 19.4 Å². The van der Waals surface area contributed by atoms with E-state index in [1.807, 2.05) is 35.4 Å². The molecule has 8 nitrogen and oxygen atoms in total. The molecule has 212 valence electrons. The third-order valence-corrected chi connectivity index (χ3v) is 9.38. The summed E-state index contributed by atoms with van der Waals surface area (Å²) in [4.78, 5) is 16.2. The van der Waals surface area contributed by atoms with Gasteiger partial charge in [0.05, 0.1) is 24.6 Å². The summed E-state index contributed by atoms with van der Waals surface area (Å²) in [6.07, 6.45) is 4.54. The first-order chi connectivity index (χ1) is 19.2. The normalized spacial score (nSPS) is 24.1. The van der Waals surface area contributed by atoms with Gasteiger partial charge in [-0.1, -0.05) is 44.2 Å². The van der Waals surface area contributed by atoms with Gasteiger partial charge in [0.1, 0.15) is 5.75 Å². The second kappa shape index (κ2) is 11.3. The molecule has 1 saturated heterocycles. The molecule has 1 aromatic heterocycles. The number of fused-ring (bicyclic) bond motifs is 2. The van der Waals surface area contributed by atoms with E-state index in [1.54, 1.807) is 17.9 Å². The van der Waals surface area contributed by atoms with Crippen LogP contribution in [0.15, 0.2) is 61.3 Å². The Balaban J connectivity index is 1.57. The number of ether oxygens (including phenoxy) is 2. The molecule has 3 aromatic rings. The van der Waals surface area contributed by atoms with Crippen LogP contribution in [-0.4, -0.2) is 52.4 Å². The number of hydrogen-bond donors (Lipinski definition) is 1. The maximum absolute atomic E-state index is 14.4. The minimum Gasteiger partial charge on any atom is -0.497 e. The van der Waals surface area contributed by atoms with Gasteiger partial charge in [-0.25, -0.2) is 0 Å². The number of halogens is 1. The van der Waals surface area contributed by atoms with Gasteiger partial charge in [0, 0.05) is 53.3 Å². The molecule has 2 aliphatic rings. The summed E-state index contributed by atoms with van der Waals surface area (Å²) in [5.41, 5.74) is 2.33. The Morgan fingerprint density at radius 1 is 1.25 bits per heavy atom. The Hall–Kier alpha value is -2.76. The van der Waals surface area contributed by atoms with E-state index < -0.39 is 5.60 Å². The molecule has 1 N–H and O–H groups in total. The molecule has 5 rings (SSSR count). The molecule has 0 unspecified atom stereocenters. The van der Waals surface area contributed by atoms with Crippen LogP contribution in [0.25, 0.3) is 0 Å². The van der Waals surface area contributed by atoms with Gasteiger partial charge in [-0.05, 0) is 70.3 Å². The first-order valence-electron chi connectivity index (χ1n) is 13.7. The molecule has 0 radical (unpaired) electrons. The Bertz CT molecular complexity index is 1390. The summed E-state index contributed by atoms with van der Waals surface area (Å²) < 4.78 is 15.4. The van der Waals surface area contributed by atoms with Crippen molar-refractivity contribution in [2.75, 3.05) is 25.2 Å². The number of methoxy groups -OCH3 is 1. The topological polar surface area (TPSA) is 89.7 Å². The number of aromatic nitrogens is 3. The fraction of sp³-hybridized carbons (Fsp3) is 0.452. The summed E-state index contributed by atoms with van der Waals surface area (Å²) in [6, 6.07) is 14.4. The quantitative estimate of drug-likeness (QED) is 0.248. The highest BCUT2D eigenvalue weighted by Crippen LogP contribution is 2.59. The van der Waals surface area contributed by atoms with Gasteiger partial charge in [-0.15, -0.1) is 11.7 Å². The number of nitrogens with zero attached hydrogens (tertiary/aromatic N) is 4. The lowest BCUT2D eigenvalue weighted by atomic mass is 9.63. The lowest BCUT2D eigenvalue weighted by Crippen LogP contribution is -2.46. The molecular weight excluding hydrogens is 619 g/mol. The lowest BCUT2D eigenvalue weighted by Gasteiger charge is -2.38. The molecule has 2 aliphatic heterocycles. The van der Waals surface area contributed by atoms with Crippen LogP contribution in [0.1, 0.15) is 44.0 Å². The largest absolute Gasteiger partial charge is 0.497 e. The molecule has 0 saturated carbocycles. The number of aliphatic hydroxyl groups is 1. The van der Waals surface area contributed by atoms with E-state index in [2.05, 4.69) is 78.5 Å². The summed E-state index contributed by atoms with van der Waals surface area (Å²) in [6.45, 7) is 11.6. The average Bonchev–Trinajstić information content (AvgIpc) is 3.58. The molecule has 9 heteroatoms. The maximum Gasteiger partial charge on any atom is 0.264 e. The molecule has 2 aromatic carbocycles. The van der Waals surface area contributed by atoms with E-state index in [9.17, 15) is 9.90 Å². The van der Waals surface area contributed by atoms with Crippen LogP contribution < -0.4 is 9.64 Å². The number of benzene rings is 2. The molecule has 1 fully saturated rings. The highest BCUT2D eigenvalue weighted by atomic mass is 127. The highest BCUT2D eigenvalue weighted by Gasteiger charge is 2.65. The van der Waals surface area contributed by atoms with Gasteiger partial charge in [-0.3, -0.25) is 9.48 Å². The zero-order chi connectivity index (χ0) is 28.7. The smallest absolute Gasteiger partial charge is 0.264 e. The monoisotopic (exact) mass is 656 g/mol. The fourth-order valence-electron chi connectivity index (χ4n) is 6.80. The van der Waals surface area contributed by atoms with Crippen molar-refractivity contribution in [2.45, 2.75) is 57.3 Å². The van der Waals surface area contributed by atoms with Crippen LogP contribution in [0.4, 0.5) is 5.69 Å². The van der Waals surface area contributed by atoms with Gasteiger partial charge in [-0.2, -0.15) is 0 Å². The van der Waals surface area contributed by atoms with E-state index in [0.717, 1.165) is 31.8 Å². The molecule has 1 amide bonds. The van der Waals surface area contributed by atoms with Crippen LogP contribution in [0, 0.1) is 15.4 Å². The standard InChI is InChI=1S/C31H37IN4O4/c1-6-15-36-26-12-9-22(32)18-25(26)31(29(36)38)20(2)28(30(3,4)21-7-10-24(39-5)11-8-21)27(40-31)13-16-35-19-23(14-17-37)33-34-35/h6-12,18-20,27-28,37H,1,13-17H2,2-5H3/t20-,27+,28-,31+/m1/s1. The number of aryl methyl sites for hydroxylation is 1. The minimum absolute atomic E-state index is 0.0136. The molecule has 4 atom stereocenters. The predicted octanol–water partition coefficient (Wildman–Crippen LogP) is 4.87. The third kappa shape index (κ3) is 4.75. The Morgan fingerprint density at radius 2 is 2.00 bits per heavy atom. The molecule has 40 heavy (non-hydrogen) atoms. The number of rotatable bonds is 10. The first kappa shape index (κ1) is 28.8. The van der Waals surface area contributed by atoms with Gasteiger partial charge < -0.3 is 19.5 Å². The number of amides is 1. The number of aliphatic hydroxyl groups excluding tert-OH is 1. The Morgan fingerprint density at radius 3 is 2.67 bits per heavy atom. The van der Waals surface area contributed by atoms with Crippen molar-refractivity contribution >= 4 is 34.2 Å². The number of carbonyl (C=O) groups is 1. The molecule has 3 heterocycles. The van der Waals surface area contributed by atoms with Crippen LogP contribution in [0.3, 0.4) is 0 Å². The van der Waals surface area contributed by atoms with Crippen molar-refractivity contribution in [3.8, 4) is 5.75 Å². The van der Waals surface area contributed by atoms with Gasteiger partial charge in [0.25, 0.3) is 5.91 Å². The average molecular weight is 657 g/mol. The molecule has 0 bridgehead atoms. The summed E-state index contributed by atoms with van der Waals surface area (Å²) in [5.74, 6) is 0.679. The van der Waals surface area contributed by atoms with Gasteiger partial charge in [0.2, 0.25) is 0 Å². The minimum atomic E-state index is -1.09. The van der Waals surface area contributed by atoms with Crippen LogP contribution in [0.2, 0.25) is 0 Å². The zero-order valence-corrected chi connectivity index (χ0v) is 25.7. The van der Waals surface area contributed by atoms with Gasteiger partial charge in [0.15, 0.2) is 5.60 Å². The maximum atomic E-state index is 14.4. The Labute approximate surface area is 249 Å². The molecular formula is C31H37IN4O4. The van der Waals surface area contributed by atoms with Crippen molar-refractivity contribution in [1.82, 2.24) is 15.0 Å². The Kier molecular flexibility index (Phi) is 8.09. The fourth-order valence-corrected chi connectivity index (χ4v) is 7.29. The number of hydrogen-bond acceptors (Lipinski definition) is 6. The highest BCUT2D eigenvalue weighted by molar-refractivity contribution is 14.1. The summed E-state index contributed by atoms with van der Waals surface area (Å²) >= 11 is 2.31. The van der Waals surface area contributed by atoms with Crippen molar-refractivity contribution in [1.29, 1.82) is 0 Å². The van der Waals surface area contributed by atoms with E-state index >= 15 is 0 Å². The van der Waals surface area contributed by atoms with Gasteiger partial charge >= 0.3 is 0 Å². The zero-order valence-electron chi connectivity index (χ0n) is 23.5. The van der Waals surface area contributed by atoms with E-state index in [0.29, 0.717) is 25.9 Å². The first-order valence-corrected chi connectivity index (χ1v) is 14.8. The van der Waals surface area contributed by atoms with Crippen LogP contribution in [0.5, 0.6) is 5.75 Å². The van der Waals surface area contributed by atoms with Crippen LogP contribution >= 0.6 is 22.6 Å². The van der Waals surface area contributed by atoms with E-state index in [1.165, 1.54) is 0 Å². The third-order valence-electron chi connectivity index (χ3n) is 8.71. The predicted molar refractivity (Wildman–Crippen MR) is 162 cm³/mol. The molecule has 0 aliphatic carbocycles. The number of carbonyl (C=O) groups excluding carboxylic acids is 1. The SMILES string of the molecule is C=CCN1C(=O)[C@@]2(O[C@@H](CCn3cc(CCO)nn3)[C@H](C(C)(C)c3ccc(OC)cc3)[C@H]2C)c2cc(I)ccc21.